The van der Waals surface area contributed by atoms with Crippen molar-refractivity contribution in [1.82, 2.24) is 15.0 Å². The van der Waals surface area contributed by atoms with E-state index in [1.165, 1.54) is 0 Å². The van der Waals surface area contributed by atoms with Gasteiger partial charge in [0.1, 0.15) is 36.1 Å². The number of methoxy groups -OCH3 is 2. The predicted octanol–water partition coefficient (Wildman–Crippen LogP) is 3.67. The van der Waals surface area contributed by atoms with Crippen molar-refractivity contribution in [3.05, 3.63) is 53.3 Å². The number of aromatic nitrogens is 3. The molecule has 0 unspecified atom stereocenters. The van der Waals surface area contributed by atoms with E-state index in [9.17, 15) is 9.59 Å². The first-order valence-electron chi connectivity index (χ1n) is 14.4. The van der Waals surface area contributed by atoms with Crippen molar-refractivity contribution in [3.63, 3.8) is 0 Å². The number of hydrogen-bond donors (Lipinski definition) is 2. The Bertz CT molecular complexity index is 1400. The number of nitrogens with two attached hydrogens (primary N) is 1. The number of nitrogens with zero attached hydrogens (tertiary/aromatic N) is 3. The van der Waals surface area contributed by atoms with Crippen LogP contribution in [0.3, 0.4) is 0 Å². The molecule has 246 valence electrons. The summed E-state index contributed by atoms with van der Waals surface area (Å²) in [5.41, 5.74) is 7.51. The molecule has 0 fully saturated rings. The summed E-state index contributed by atoms with van der Waals surface area (Å²) in [5, 5.41) is 11.3. The van der Waals surface area contributed by atoms with Gasteiger partial charge in [-0.25, -0.2) is 9.48 Å². The minimum Gasteiger partial charge on any atom is -0.497 e. The molecule has 0 radical (unpaired) electrons. The van der Waals surface area contributed by atoms with E-state index in [1.807, 2.05) is 12.1 Å². The molecule has 14 nitrogen and oxygen atoms in total. The summed E-state index contributed by atoms with van der Waals surface area (Å²) < 4.78 is 39.2. The van der Waals surface area contributed by atoms with E-state index in [1.54, 1.807) is 50.1 Å². The first-order chi connectivity index (χ1) is 21.5. The number of primary amides is 1. The summed E-state index contributed by atoms with van der Waals surface area (Å²) in [5.74, 6) is 1.36. The van der Waals surface area contributed by atoms with Crippen LogP contribution >= 0.6 is 0 Å². The summed E-state index contributed by atoms with van der Waals surface area (Å²) in [6.45, 7) is 10.5. The maximum absolute atomic E-state index is 13.3. The Morgan fingerprint density at radius 3 is 2.09 bits per heavy atom. The zero-order chi connectivity index (χ0) is 32.8. The Morgan fingerprint density at radius 1 is 0.844 bits per heavy atom. The minimum atomic E-state index is -0.828. The van der Waals surface area contributed by atoms with E-state index >= 15 is 0 Å². The average molecular weight is 630 g/mol. The quantitative estimate of drug-likeness (QED) is 0.197. The second-order valence-corrected chi connectivity index (χ2v) is 10.8. The van der Waals surface area contributed by atoms with Crippen molar-refractivity contribution in [2.75, 3.05) is 72.4 Å². The van der Waals surface area contributed by atoms with Gasteiger partial charge in [0.25, 0.3) is 5.91 Å². The lowest BCUT2D eigenvalue weighted by molar-refractivity contribution is 0.00239. The number of amides is 2. The van der Waals surface area contributed by atoms with Crippen LogP contribution in [-0.4, -0.2) is 94.1 Å². The normalized spacial score (nSPS) is 11.2. The van der Waals surface area contributed by atoms with Crippen molar-refractivity contribution in [1.29, 1.82) is 0 Å². The number of hydrogen-bond acceptors (Lipinski definition) is 11. The number of rotatable bonds is 18. The highest BCUT2D eigenvalue weighted by Crippen LogP contribution is 2.31. The molecule has 0 bridgehead atoms. The van der Waals surface area contributed by atoms with Crippen LogP contribution in [0, 0.1) is 6.92 Å². The first-order valence-corrected chi connectivity index (χ1v) is 14.4. The molecule has 3 N–H and O–H groups in total. The van der Waals surface area contributed by atoms with Crippen LogP contribution in [0.25, 0.3) is 5.69 Å². The molecule has 2 aromatic carbocycles. The summed E-state index contributed by atoms with van der Waals surface area (Å²) in [7, 11) is 3.13. The van der Waals surface area contributed by atoms with Gasteiger partial charge in [-0.3, -0.25) is 4.79 Å². The Kier molecular flexibility index (Phi) is 13.4. The molecule has 0 aliphatic carbocycles. The molecule has 14 heteroatoms. The maximum atomic E-state index is 13.3. The molecule has 0 atom stereocenters. The third-order valence-corrected chi connectivity index (χ3v) is 6.47. The van der Waals surface area contributed by atoms with E-state index in [-0.39, 0.29) is 24.3 Å². The third kappa shape index (κ3) is 10.9. The summed E-state index contributed by atoms with van der Waals surface area (Å²) >= 11 is 0. The van der Waals surface area contributed by atoms with E-state index in [2.05, 4.69) is 41.1 Å². The molecule has 3 rings (SSSR count). The van der Waals surface area contributed by atoms with Crippen molar-refractivity contribution < 1.29 is 42.7 Å². The van der Waals surface area contributed by atoms with Gasteiger partial charge in [0.15, 0.2) is 5.69 Å². The fourth-order valence-corrected chi connectivity index (χ4v) is 4.07. The predicted molar refractivity (Wildman–Crippen MR) is 166 cm³/mol. The van der Waals surface area contributed by atoms with E-state index in [4.69, 9.17) is 34.2 Å². The topological polar surface area (TPSA) is 168 Å². The second-order valence-electron chi connectivity index (χ2n) is 10.8. The summed E-state index contributed by atoms with van der Waals surface area (Å²) in [6.07, 6.45) is -0.828. The number of carbonyl (C=O) groups is 2. The number of benzene rings is 2. The van der Waals surface area contributed by atoms with Gasteiger partial charge in [-0.1, -0.05) is 26.0 Å². The molecule has 45 heavy (non-hydrogen) atoms. The Balaban J connectivity index is 1.54. The van der Waals surface area contributed by atoms with Gasteiger partial charge in [0.2, 0.25) is 0 Å². The molecule has 0 aliphatic heterocycles. The molecule has 1 heterocycles. The lowest BCUT2D eigenvalue weighted by Crippen LogP contribution is -2.18. The van der Waals surface area contributed by atoms with Crippen molar-refractivity contribution in [3.8, 4) is 22.9 Å². The van der Waals surface area contributed by atoms with Gasteiger partial charge < -0.3 is 44.2 Å². The highest BCUT2D eigenvalue weighted by Gasteiger charge is 2.22. The van der Waals surface area contributed by atoms with E-state index in [0.29, 0.717) is 74.0 Å². The smallest absolute Gasteiger partial charge is 0.404 e. The first kappa shape index (κ1) is 35.1. The number of nitrogens with one attached hydrogen (secondary N) is 1. The second kappa shape index (κ2) is 17.2. The van der Waals surface area contributed by atoms with Crippen LogP contribution < -0.4 is 25.3 Å². The number of anilines is 1. The molecular weight excluding hydrogens is 586 g/mol. The van der Waals surface area contributed by atoms with Gasteiger partial charge in [-0.2, -0.15) is 0 Å². The summed E-state index contributed by atoms with van der Waals surface area (Å²) in [4.78, 5) is 23.8. The highest BCUT2D eigenvalue weighted by molar-refractivity contribution is 6.03. The van der Waals surface area contributed by atoms with Crippen LogP contribution in [-0.2, 0) is 24.4 Å². The maximum Gasteiger partial charge on any atom is 0.404 e. The molecule has 0 saturated heterocycles. The zero-order valence-corrected chi connectivity index (χ0v) is 26.7. The Morgan fingerprint density at radius 2 is 1.49 bits per heavy atom. The SMILES string of the molecule is COc1ccc(OC)c(-n2nnc(C(=O)Nc3cc(OCCOCCOCCOCCOC(N)=O)cc(C(C)(C)C)c3)c2C)c1. The summed E-state index contributed by atoms with van der Waals surface area (Å²) in [6, 6.07) is 10.9. The van der Waals surface area contributed by atoms with Gasteiger partial charge in [0.05, 0.1) is 59.6 Å². The standard InChI is InChI=1S/C31H43N5O9/c1-21-28(34-35-36(21)26-20-24(39-5)7-8-27(26)40-6)29(37)33-23-17-22(31(2,3)4)18-25(19-23)44-15-13-42-11-9-41-10-12-43-14-16-45-30(32)38/h7-8,17-20H,9-16H2,1-6H3,(H2,32,38)(H,33,37). The average Bonchev–Trinajstić information content (AvgIpc) is 3.39. The fourth-order valence-electron chi connectivity index (χ4n) is 4.07. The van der Waals surface area contributed by atoms with E-state index < -0.39 is 12.0 Å². The van der Waals surface area contributed by atoms with Gasteiger partial charge in [-0.05, 0) is 42.2 Å². The van der Waals surface area contributed by atoms with Gasteiger partial charge >= 0.3 is 6.09 Å². The fraction of sp³-hybridized carbons (Fsp3) is 0.484. The van der Waals surface area contributed by atoms with Crippen molar-refractivity contribution in [2.24, 2.45) is 5.73 Å². The van der Waals surface area contributed by atoms with E-state index in [0.717, 1.165) is 5.56 Å². The monoisotopic (exact) mass is 629 g/mol. The minimum absolute atomic E-state index is 0.106. The van der Waals surface area contributed by atoms with Gasteiger partial charge in [0, 0.05) is 17.8 Å². The zero-order valence-electron chi connectivity index (χ0n) is 26.7. The van der Waals surface area contributed by atoms with Crippen molar-refractivity contribution in [2.45, 2.75) is 33.1 Å². The Hall–Kier alpha value is -4.40. The molecule has 3 aromatic rings. The molecule has 1 aromatic heterocycles. The number of ether oxygens (including phenoxy) is 7. The van der Waals surface area contributed by atoms with Crippen LogP contribution in [0.1, 0.15) is 42.5 Å². The van der Waals surface area contributed by atoms with Crippen LogP contribution in [0.5, 0.6) is 17.2 Å². The van der Waals surface area contributed by atoms with Crippen LogP contribution in [0.2, 0.25) is 0 Å². The van der Waals surface area contributed by atoms with Crippen molar-refractivity contribution >= 4 is 17.7 Å². The van der Waals surface area contributed by atoms with Crippen LogP contribution in [0.4, 0.5) is 10.5 Å². The van der Waals surface area contributed by atoms with Crippen LogP contribution in [0.15, 0.2) is 36.4 Å². The molecule has 0 aliphatic rings. The molecule has 0 spiro atoms. The largest absolute Gasteiger partial charge is 0.497 e. The lowest BCUT2D eigenvalue weighted by atomic mass is 9.86. The third-order valence-electron chi connectivity index (χ3n) is 6.47. The number of carbonyl (C=O) groups excluding carboxylic acids is 2. The van der Waals surface area contributed by atoms with Gasteiger partial charge in [-0.15, -0.1) is 5.10 Å². The molecular formula is C31H43N5O9. The Labute approximate surface area is 263 Å². The molecule has 2 amide bonds. The lowest BCUT2D eigenvalue weighted by Gasteiger charge is -2.21. The highest BCUT2D eigenvalue weighted by atomic mass is 16.6. The molecule has 0 saturated carbocycles.